The Morgan fingerprint density at radius 2 is 1.10 bits per heavy atom. The lowest BCUT2D eigenvalue weighted by Gasteiger charge is -1.79. The van der Waals surface area contributed by atoms with Crippen LogP contribution in [0.2, 0.25) is 5.28 Å². The topological polar surface area (TPSA) is 0 Å². The molecule has 0 aliphatic carbocycles. The van der Waals surface area contributed by atoms with Gasteiger partial charge in [0.25, 0.3) is 0 Å². The maximum atomic E-state index is 2.21. The van der Waals surface area contributed by atoms with Crippen molar-refractivity contribution in [2.75, 3.05) is 0 Å². The summed E-state index contributed by atoms with van der Waals surface area (Å²) < 4.78 is 0. The van der Waals surface area contributed by atoms with Crippen LogP contribution in [-0.2, 0) is 0 Å². The van der Waals surface area contributed by atoms with Gasteiger partial charge in [-0.25, -0.2) is 0 Å². The van der Waals surface area contributed by atoms with Gasteiger partial charge in [-0.2, -0.15) is 0 Å². The van der Waals surface area contributed by atoms with E-state index in [0.717, 1.165) is 0 Å². The van der Waals surface area contributed by atoms with Crippen LogP contribution in [-0.4, -0.2) is 16.3 Å². The summed E-state index contributed by atoms with van der Waals surface area (Å²) in [7, 11) is 0. The minimum Gasteiger partial charge on any atom is -0.147 e. The van der Waals surface area contributed by atoms with Crippen molar-refractivity contribution in [1.82, 2.24) is 0 Å². The van der Waals surface area contributed by atoms with Crippen molar-refractivity contribution >= 4 is 41.1 Å². The Morgan fingerprint density at radius 3 is 1.10 bits per heavy atom. The highest BCUT2D eigenvalue weighted by molar-refractivity contribution is 6.08. The molecular weight excluding hydrogens is 182 g/mol. The SMILES string of the molecule is CCCCC.C[CH2][AlH2].Cl.Cl. The molecule has 10 heavy (non-hydrogen) atoms. The van der Waals surface area contributed by atoms with E-state index in [1.165, 1.54) is 40.8 Å². The molecule has 0 atom stereocenters. The molecule has 0 radical (unpaired) electrons. The van der Waals surface area contributed by atoms with E-state index in [1.54, 1.807) is 0 Å². The molecule has 0 nitrogen and oxygen atoms in total. The average molecular weight is 203 g/mol. The minimum atomic E-state index is 0. The summed E-state index contributed by atoms with van der Waals surface area (Å²) in [4.78, 5) is 0. The standard InChI is InChI=1S/C5H12.C2H5.Al.2ClH.2H/c1-3-5-4-2;1-2;;;;;/h3-5H2,1-2H3;1H2,2H3;;2*1H;;. The van der Waals surface area contributed by atoms with Crippen LogP contribution >= 0.6 is 24.8 Å². The number of halogens is 2. The molecule has 3 heteroatoms. The van der Waals surface area contributed by atoms with Gasteiger partial charge in [0, 0.05) is 0 Å². The second-order valence-corrected chi connectivity index (χ2v) is 3.47. The van der Waals surface area contributed by atoms with Crippen LogP contribution in [0.3, 0.4) is 0 Å². The Labute approximate surface area is 86.4 Å². The van der Waals surface area contributed by atoms with Crippen molar-refractivity contribution in [1.29, 1.82) is 0 Å². The first-order valence-electron chi connectivity index (χ1n) is 3.83. The second-order valence-electron chi connectivity index (χ2n) is 2.06. The molecule has 0 saturated carbocycles. The number of hydrogen-bond donors (Lipinski definition) is 0. The third-order valence-electron chi connectivity index (χ3n) is 0.707. The third kappa shape index (κ3) is 61.9. The normalized spacial score (nSPS) is 5.90. The molecule has 0 aromatic rings. The molecule has 0 heterocycles. The third-order valence-corrected chi connectivity index (χ3v) is 0.707. The number of unbranched alkanes of at least 4 members (excludes halogenated alkanes) is 2. The van der Waals surface area contributed by atoms with Gasteiger partial charge in [-0.3, -0.25) is 0 Å². The van der Waals surface area contributed by atoms with Crippen molar-refractivity contribution < 1.29 is 0 Å². The highest BCUT2D eigenvalue weighted by Gasteiger charge is 1.68. The van der Waals surface area contributed by atoms with E-state index < -0.39 is 0 Å². The zero-order chi connectivity index (χ0) is 6.83. The van der Waals surface area contributed by atoms with Gasteiger partial charge in [-0.1, -0.05) is 40.0 Å². The van der Waals surface area contributed by atoms with Crippen LogP contribution in [0.1, 0.15) is 40.0 Å². The molecule has 0 amide bonds. The molecule has 66 valence electrons. The summed E-state index contributed by atoms with van der Waals surface area (Å²) in [6.07, 6.45) is 4.08. The second kappa shape index (κ2) is 32.1. The maximum absolute atomic E-state index is 2.21. The molecule has 0 aliphatic heterocycles. The first kappa shape index (κ1) is 22.5. The molecule has 0 fully saturated rings. The number of hydrogen-bond acceptors (Lipinski definition) is 0. The van der Waals surface area contributed by atoms with Crippen LogP contribution in [0, 0.1) is 0 Å². The van der Waals surface area contributed by atoms with Crippen LogP contribution in [0.15, 0.2) is 0 Å². The summed E-state index contributed by atoms with van der Waals surface area (Å²) in [6, 6.07) is 0. The van der Waals surface area contributed by atoms with Crippen molar-refractivity contribution in [2.24, 2.45) is 0 Å². The van der Waals surface area contributed by atoms with Gasteiger partial charge >= 0.3 is 0 Å². The van der Waals surface area contributed by atoms with Gasteiger partial charge in [0.2, 0.25) is 16.3 Å². The fourth-order valence-electron chi connectivity index (χ4n) is 0.354. The first-order valence-corrected chi connectivity index (χ1v) is 5.24. The van der Waals surface area contributed by atoms with Gasteiger partial charge in [-0.05, 0) is 0 Å². The minimum absolute atomic E-state index is 0. The highest BCUT2D eigenvalue weighted by Crippen LogP contribution is 1.88. The maximum Gasteiger partial charge on any atom is 0.211 e. The summed E-state index contributed by atoms with van der Waals surface area (Å²) in [6.45, 7) is 6.61. The fraction of sp³-hybridized carbons (Fsp3) is 1.00. The predicted octanol–water partition coefficient (Wildman–Crippen LogP) is 3.10. The van der Waals surface area contributed by atoms with E-state index in [9.17, 15) is 0 Å². The monoisotopic (exact) mass is 202 g/mol. The smallest absolute Gasteiger partial charge is 0.147 e. The molecular formula is C7H21AlCl2. The average Bonchev–Trinajstić information content (AvgIpc) is 1.71. The van der Waals surface area contributed by atoms with E-state index in [1.807, 2.05) is 0 Å². The summed E-state index contributed by atoms with van der Waals surface area (Å²) in [5, 5.41) is 1.39. The molecule has 0 saturated heterocycles. The quantitative estimate of drug-likeness (QED) is 0.605. The van der Waals surface area contributed by atoms with Crippen molar-refractivity contribution in [3.63, 3.8) is 0 Å². The van der Waals surface area contributed by atoms with Crippen molar-refractivity contribution in [3.8, 4) is 0 Å². The Morgan fingerprint density at radius 1 is 0.900 bits per heavy atom. The zero-order valence-corrected chi connectivity index (χ0v) is 11.3. The van der Waals surface area contributed by atoms with E-state index in [-0.39, 0.29) is 24.8 Å². The largest absolute Gasteiger partial charge is 0.211 e. The lowest BCUT2D eigenvalue weighted by Crippen LogP contribution is -1.59. The molecule has 0 aromatic heterocycles. The molecule has 0 spiro atoms. The molecule has 0 N–H and O–H groups in total. The highest BCUT2D eigenvalue weighted by atomic mass is 35.5. The van der Waals surface area contributed by atoms with Gasteiger partial charge < -0.3 is 0 Å². The summed E-state index contributed by atoms with van der Waals surface area (Å²) in [5.41, 5.74) is 0. The van der Waals surface area contributed by atoms with Gasteiger partial charge in [0.1, 0.15) is 0 Å². The molecule has 0 unspecified atom stereocenters. The Hall–Kier alpha value is 1.11. The van der Waals surface area contributed by atoms with Crippen molar-refractivity contribution in [2.45, 2.75) is 45.3 Å². The Balaban J connectivity index is -0.0000000326. The summed E-state index contributed by atoms with van der Waals surface area (Å²) >= 11 is 1.37. The van der Waals surface area contributed by atoms with Gasteiger partial charge in [-0.15, -0.1) is 30.1 Å². The van der Waals surface area contributed by atoms with Crippen LogP contribution in [0.5, 0.6) is 0 Å². The van der Waals surface area contributed by atoms with Gasteiger partial charge in [0.05, 0.1) is 0 Å². The van der Waals surface area contributed by atoms with E-state index >= 15 is 0 Å². The molecule has 0 aliphatic rings. The lowest BCUT2D eigenvalue weighted by atomic mass is 10.3. The first-order chi connectivity index (χ1) is 3.83. The van der Waals surface area contributed by atoms with Crippen LogP contribution in [0.25, 0.3) is 0 Å². The van der Waals surface area contributed by atoms with Gasteiger partial charge in [0.15, 0.2) is 0 Å². The van der Waals surface area contributed by atoms with E-state index in [4.69, 9.17) is 0 Å². The van der Waals surface area contributed by atoms with Crippen LogP contribution < -0.4 is 0 Å². The van der Waals surface area contributed by atoms with E-state index in [0.29, 0.717) is 0 Å². The van der Waals surface area contributed by atoms with Crippen molar-refractivity contribution in [3.05, 3.63) is 0 Å². The number of rotatable bonds is 2. The fourth-order valence-corrected chi connectivity index (χ4v) is 0.354. The molecule has 0 aromatic carbocycles. The van der Waals surface area contributed by atoms with Crippen LogP contribution in [0.4, 0.5) is 0 Å². The molecule has 0 rings (SSSR count). The van der Waals surface area contributed by atoms with E-state index in [2.05, 4.69) is 20.8 Å². The predicted molar refractivity (Wildman–Crippen MR) is 58.7 cm³/mol. The zero-order valence-electron chi connectivity index (χ0n) is 7.64. The summed E-state index contributed by atoms with van der Waals surface area (Å²) in [5.74, 6) is 0. The molecule has 0 bridgehead atoms. The Kier molecular flexibility index (Phi) is 72.2. The Bertz CT molecular complexity index is 25.6. The lowest BCUT2D eigenvalue weighted by molar-refractivity contribution is 0.772.